The van der Waals surface area contributed by atoms with Gasteiger partial charge in [-0.3, -0.25) is 0 Å². The molecule has 0 radical (unpaired) electrons. The van der Waals surface area contributed by atoms with Gasteiger partial charge in [0.1, 0.15) is 23.9 Å². The minimum Gasteiger partial charge on any atom is -0.490 e. The molecule has 0 aliphatic carbocycles. The number of anilines is 1. The van der Waals surface area contributed by atoms with Gasteiger partial charge >= 0.3 is 5.97 Å². The molecule has 8 heteroatoms. The van der Waals surface area contributed by atoms with Gasteiger partial charge in [0, 0.05) is 12.1 Å². The van der Waals surface area contributed by atoms with Crippen LogP contribution in [-0.2, 0) is 0 Å². The number of carboxylic acid groups (broad SMARTS) is 1. The first-order valence-electron chi connectivity index (χ1n) is 6.90. The molecule has 8 nitrogen and oxygen atoms in total. The van der Waals surface area contributed by atoms with Crippen LogP contribution in [0.3, 0.4) is 0 Å². The van der Waals surface area contributed by atoms with Crippen molar-refractivity contribution in [3.8, 4) is 29.7 Å². The number of nitrogens with zero attached hydrogens (tertiary/aromatic N) is 3. The van der Waals surface area contributed by atoms with E-state index in [1.54, 1.807) is 32.1 Å². The van der Waals surface area contributed by atoms with E-state index in [4.69, 9.17) is 25.3 Å². The molecule has 0 bridgehead atoms. The minimum absolute atomic E-state index is 0.00829. The molecule has 0 aliphatic heterocycles. The molecule has 0 atom stereocenters. The highest BCUT2D eigenvalue weighted by Crippen LogP contribution is 2.34. The van der Waals surface area contributed by atoms with Crippen LogP contribution in [0.15, 0.2) is 23.4 Å². The zero-order valence-electron chi connectivity index (χ0n) is 13.1. The molecule has 1 rings (SSSR count). The molecular formula is C16H14N4O4. The van der Waals surface area contributed by atoms with Crippen LogP contribution < -0.4 is 14.8 Å². The number of nitrogens with one attached hydrogen (secondary N) is 1. The maximum atomic E-state index is 11.5. The second kappa shape index (κ2) is 8.67. The zero-order chi connectivity index (χ0) is 18.1. The molecule has 1 aromatic carbocycles. The zero-order valence-corrected chi connectivity index (χ0v) is 13.1. The highest BCUT2D eigenvalue weighted by Gasteiger charge is 2.18. The molecule has 24 heavy (non-hydrogen) atoms. The normalized spacial score (nSPS) is 8.96. The van der Waals surface area contributed by atoms with Gasteiger partial charge in [-0.1, -0.05) is 0 Å². The first-order valence-corrected chi connectivity index (χ1v) is 6.90. The van der Waals surface area contributed by atoms with Gasteiger partial charge in [0.2, 0.25) is 0 Å². The maximum Gasteiger partial charge on any atom is 0.337 e. The van der Waals surface area contributed by atoms with Gasteiger partial charge < -0.3 is 19.9 Å². The summed E-state index contributed by atoms with van der Waals surface area (Å²) in [5.74, 6) is -0.751. The lowest BCUT2D eigenvalue weighted by Crippen LogP contribution is -2.09. The number of carbonyl (C=O) groups is 1. The third-order valence-corrected chi connectivity index (χ3v) is 2.76. The van der Waals surface area contributed by atoms with E-state index in [-0.39, 0.29) is 28.4 Å². The molecule has 0 aromatic heterocycles. The van der Waals surface area contributed by atoms with Crippen molar-refractivity contribution in [2.45, 2.75) is 13.8 Å². The number of hydrogen-bond acceptors (Lipinski definition) is 7. The second-order valence-electron chi connectivity index (χ2n) is 4.23. The molecule has 1 aromatic rings. The number of allylic oxidation sites excluding steroid dienone is 2. The lowest BCUT2D eigenvalue weighted by molar-refractivity contribution is 0.0697. The van der Waals surface area contributed by atoms with Crippen LogP contribution in [0.4, 0.5) is 5.69 Å². The molecular weight excluding hydrogens is 312 g/mol. The number of benzene rings is 1. The number of aromatic carboxylic acids is 1. The van der Waals surface area contributed by atoms with Crippen molar-refractivity contribution in [2.75, 3.05) is 18.5 Å². The summed E-state index contributed by atoms with van der Waals surface area (Å²) in [6.07, 6.45) is 0. The van der Waals surface area contributed by atoms with Crippen LogP contribution in [0.2, 0.25) is 0 Å². The van der Waals surface area contributed by atoms with E-state index in [9.17, 15) is 9.90 Å². The van der Waals surface area contributed by atoms with Gasteiger partial charge in [-0.2, -0.15) is 15.8 Å². The maximum absolute atomic E-state index is 11.5. The summed E-state index contributed by atoms with van der Waals surface area (Å²) in [5, 5.41) is 38.7. The fourth-order valence-corrected chi connectivity index (χ4v) is 1.79. The quantitative estimate of drug-likeness (QED) is 0.728. The van der Waals surface area contributed by atoms with E-state index in [1.807, 2.05) is 0 Å². The van der Waals surface area contributed by atoms with Crippen molar-refractivity contribution in [2.24, 2.45) is 0 Å². The standard InChI is InChI=1S/C16H14N4O4/c1-3-23-14-5-11(16(21)22)12(6-15(14)24-4-2)20-13(9-19)10(7-17)8-18/h5-6,20H,3-4H2,1-2H3,(H,21,22). The molecule has 0 fully saturated rings. The van der Waals surface area contributed by atoms with E-state index in [1.165, 1.54) is 12.1 Å². The minimum atomic E-state index is -1.27. The SMILES string of the molecule is CCOc1cc(NC(C#N)=C(C#N)C#N)c(C(=O)O)cc1OCC. The first-order chi connectivity index (χ1) is 11.5. The van der Waals surface area contributed by atoms with Crippen LogP contribution >= 0.6 is 0 Å². The van der Waals surface area contributed by atoms with Gasteiger partial charge in [-0.15, -0.1) is 0 Å². The number of hydrogen-bond donors (Lipinski definition) is 2. The van der Waals surface area contributed by atoms with Crippen LogP contribution in [-0.4, -0.2) is 24.3 Å². The molecule has 0 saturated heterocycles. The molecule has 0 amide bonds. The third-order valence-electron chi connectivity index (χ3n) is 2.76. The van der Waals surface area contributed by atoms with Gasteiger partial charge in [-0.25, -0.2) is 4.79 Å². The van der Waals surface area contributed by atoms with Gasteiger partial charge in [0.25, 0.3) is 0 Å². The van der Waals surface area contributed by atoms with Crippen molar-refractivity contribution in [1.29, 1.82) is 15.8 Å². The third kappa shape index (κ3) is 4.16. The van der Waals surface area contributed by atoms with Crippen LogP contribution in [0.5, 0.6) is 11.5 Å². The number of carboxylic acids is 1. The molecule has 0 unspecified atom stereocenters. The van der Waals surface area contributed by atoms with E-state index < -0.39 is 11.5 Å². The van der Waals surface area contributed by atoms with Gasteiger partial charge in [-0.05, 0) is 13.8 Å². The summed E-state index contributed by atoms with van der Waals surface area (Å²) < 4.78 is 10.8. The fourth-order valence-electron chi connectivity index (χ4n) is 1.79. The fraction of sp³-hybridized carbons (Fsp3) is 0.250. The summed E-state index contributed by atoms with van der Waals surface area (Å²) in [6, 6.07) is 7.42. The first kappa shape index (κ1) is 18.3. The Morgan fingerprint density at radius 3 is 2.04 bits per heavy atom. The van der Waals surface area contributed by atoms with Crippen molar-refractivity contribution < 1.29 is 19.4 Å². The lowest BCUT2D eigenvalue weighted by atomic mass is 10.1. The van der Waals surface area contributed by atoms with Crippen LogP contribution in [0, 0.1) is 34.0 Å². The Labute approximate surface area is 138 Å². The van der Waals surface area contributed by atoms with Crippen molar-refractivity contribution >= 4 is 11.7 Å². The number of rotatable bonds is 7. The van der Waals surface area contributed by atoms with Gasteiger partial charge in [0.05, 0.1) is 24.5 Å². The Kier molecular flexibility index (Phi) is 6.63. The predicted molar refractivity (Wildman–Crippen MR) is 83.2 cm³/mol. The number of nitriles is 3. The average molecular weight is 326 g/mol. The predicted octanol–water partition coefficient (Wildman–Crippen LogP) is 2.42. The van der Waals surface area contributed by atoms with E-state index >= 15 is 0 Å². The molecule has 122 valence electrons. The highest BCUT2D eigenvalue weighted by molar-refractivity contribution is 5.96. The lowest BCUT2D eigenvalue weighted by Gasteiger charge is -2.15. The summed E-state index contributed by atoms with van der Waals surface area (Å²) in [5.41, 5.74) is -0.992. The number of ether oxygens (including phenoxy) is 2. The Morgan fingerprint density at radius 1 is 1.08 bits per heavy atom. The molecule has 2 N–H and O–H groups in total. The highest BCUT2D eigenvalue weighted by atomic mass is 16.5. The summed E-state index contributed by atoms with van der Waals surface area (Å²) >= 11 is 0. The summed E-state index contributed by atoms with van der Waals surface area (Å²) in [7, 11) is 0. The Balaban J connectivity index is 3.52. The van der Waals surface area contributed by atoms with Crippen LogP contribution in [0.25, 0.3) is 0 Å². The largest absolute Gasteiger partial charge is 0.490 e. The average Bonchev–Trinajstić information content (AvgIpc) is 2.56. The van der Waals surface area contributed by atoms with Crippen molar-refractivity contribution in [1.82, 2.24) is 0 Å². The summed E-state index contributed by atoms with van der Waals surface area (Å²) in [6.45, 7) is 4.11. The van der Waals surface area contributed by atoms with Crippen molar-refractivity contribution in [3.05, 3.63) is 29.0 Å². The molecule has 0 spiro atoms. The van der Waals surface area contributed by atoms with Crippen molar-refractivity contribution in [3.63, 3.8) is 0 Å². The van der Waals surface area contributed by atoms with E-state index in [2.05, 4.69) is 5.32 Å². The molecule has 0 saturated carbocycles. The topological polar surface area (TPSA) is 139 Å². The summed E-state index contributed by atoms with van der Waals surface area (Å²) in [4.78, 5) is 11.5. The molecule has 0 heterocycles. The van der Waals surface area contributed by atoms with E-state index in [0.29, 0.717) is 13.2 Å². The van der Waals surface area contributed by atoms with Crippen LogP contribution in [0.1, 0.15) is 24.2 Å². The molecule has 0 aliphatic rings. The van der Waals surface area contributed by atoms with E-state index in [0.717, 1.165) is 0 Å². The Bertz CT molecular complexity index is 778. The smallest absolute Gasteiger partial charge is 0.337 e. The monoisotopic (exact) mass is 326 g/mol. The Morgan fingerprint density at radius 2 is 1.62 bits per heavy atom. The second-order valence-corrected chi connectivity index (χ2v) is 4.23. The van der Waals surface area contributed by atoms with Gasteiger partial charge in [0.15, 0.2) is 17.1 Å². The Hall–Kier alpha value is -3.70.